The molecule has 0 bridgehead atoms. The maximum Gasteiger partial charge on any atom is 0.262 e. The van der Waals surface area contributed by atoms with E-state index < -0.39 is 6.10 Å². The van der Waals surface area contributed by atoms with Crippen molar-refractivity contribution in [3.05, 3.63) is 54.1 Å². The minimum atomic E-state index is -0.710. The number of amides is 3. The monoisotopic (exact) mass is 464 g/mol. The number of fused-ring (bicyclic) bond motifs is 1. The number of rotatable bonds is 8. The van der Waals surface area contributed by atoms with Crippen molar-refractivity contribution in [2.24, 2.45) is 0 Å². The van der Waals surface area contributed by atoms with E-state index in [-0.39, 0.29) is 36.9 Å². The van der Waals surface area contributed by atoms with E-state index in [0.29, 0.717) is 23.5 Å². The lowest BCUT2D eigenvalue weighted by Gasteiger charge is -2.35. The number of benzene rings is 2. The Hall–Kier alpha value is -3.55. The lowest BCUT2D eigenvalue weighted by atomic mass is 10.1. The normalized spacial score (nSPS) is 17.4. The summed E-state index contributed by atoms with van der Waals surface area (Å²) in [5.74, 6) is -0.0806. The fraction of sp³-hybridized carbons (Fsp3) is 0.423. The quantitative estimate of drug-likeness (QED) is 0.558. The highest BCUT2D eigenvalue weighted by molar-refractivity contribution is 6.04. The van der Waals surface area contributed by atoms with E-state index in [9.17, 15) is 14.4 Å². The molecule has 1 fully saturated rings. The predicted molar refractivity (Wildman–Crippen MR) is 131 cm³/mol. The van der Waals surface area contributed by atoms with Gasteiger partial charge in [-0.2, -0.15) is 0 Å². The summed E-state index contributed by atoms with van der Waals surface area (Å²) < 4.78 is 5.90. The molecule has 1 aliphatic heterocycles. The minimum Gasteiger partial charge on any atom is -0.477 e. The smallest absolute Gasteiger partial charge is 0.262 e. The molecule has 8 nitrogen and oxygen atoms in total. The fourth-order valence-electron chi connectivity index (χ4n) is 4.44. The van der Waals surface area contributed by atoms with Gasteiger partial charge in [0.05, 0.1) is 30.0 Å². The SMILES string of the molecule is CCCNC(=O)C1CN(CC(=O)Nc2ccccc2C(=O)NC2CCCC2)c2ccccc2O1. The molecule has 3 N–H and O–H groups in total. The first kappa shape index (κ1) is 23.6. The summed E-state index contributed by atoms with van der Waals surface area (Å²) in [6.45, 7) is 2.83. The highest BCUT2D eigenvalue weighted by atomic mass is 16.5. The zero-order valence-corrected chi connectivity index (χ0v) is 19.5. The Morgan fingerprint density at radius 3 is 2.56 bits per heavy atom. The molecule has 34 heavy (non-hydrogen) atoms. The number of carbonyl (C=O) groups is 3. The van der Waals surface area contributed by atoms with Gasteiger partial charge in [-0.15, -0.1) is 0 Å². The van der Waals surface area contributed by atoms with Crippen molar-refractivity contribution in [2.75, 3.05) is 29.9 Å². The van der Waals surface area contributed by atoms with Gasteiger partial charge in [-0.1, -0.05) is 44.0 Å². The molecule has 0 saturated heterocycles. The molecule has 1 saturated carbocycles. The topological polar surface area (TPSA) is 99.8 Å². The Bertz CT molecular complexity index is 1030. The van der Waals surface area contributed by atoms with Gasteiger partial charge < -0.3 is 25.6 Å². The lowest BCUT2D eigenvalue weighted by molar-refractivity contribution is -0.128. The van der Waals surface area contributed by atoms with Gasteiger partial charge in [0.15, 0.2) is 6.10 Å². The van der Waals surface area contributed by atoms with Gasteiger partial charge in [-0.05, 0) is 43.5 Å². The summed E-state index contributed by atoms with van der Waals surface area (Å²) in [6, 6.07) is 14.6. The number of nitrogens with zero attached hydrogens (tertiary/aromatic N) is 1. The van der Waals surface area contributed by atoms with E-state index in [2.05, 4.69) is 16.0 Å². The van der Waals surface area contributed by atoms with E-state index in [1.165, 1.54) is 0 Å². The number of nitrogens with one attached hydrogen (secondary N) is 3. The van der Waals surface area contributed by atoms with Crippen LogP contribution in [0.15, 0.2) is 48.5 Å². The summed E-state index contributed by atoms with van der Waals surface area (Å²) in [6.07, 6.45) is 4.35. The van der Waals surface area contributed by atoms with Crippen LogP contribution in [-0.2, 0) is 9.59 Å². The minimum absolute atomic E-state index is 0.0243. The Labute approximate surface area is 200 Å². The van der Waals surface area contributed by atoms with Crippen molar-refractivity contribution in [2.45, 2.75) is 51.2 Å². The summed E-state index contributed by atoms with van der Waals surface area (Å²) >= 11 is 0. The Morgan fingerprint density at radius 2 is 1.76 bits per heavy atom. The van der Waals surface area contributed by atoms with E-state index in [4.69, 9.17) is 4.74 Å². The van der Waals surface area contributed by atoms with E-state index in [1.54, 1.807) is 30.3 Å². The van der Waals surface area contributed by atoms with Crippen molar-refractivity contribution >= 4 is 29.1 Å². The van der Waals surface area contributed by atoms with Gasteiger partial charge >= 0.3 is 0 Å². The van der Waals surface area contributed by atoms with Gasteiger partial charge in [0.25, 0.3) is 11.8 Å². The van der Waals surface area contributed by atoms with Crippen LogP contribution in [0, 0.1) is 0 Å². The molecule has 3 amide bonds. The number of hydrogen-bond donors (Lipinski definition) is 3. The molecule has 4 rings (SSSR count). The standard InChI is InChI=1S/C26H32N4O4/c1-2-15-27-26(33)23-16-30(21-13-7-8-14-22(21)34-23)17-24(31)29-20-12-6-5-11-19(20)25(32)28-18-9-3-4-10-18/h5-8,11-14,18,23H,2-4,9-10,15-17H2,1H3,(H,27,33)(H,28,32)(H,29,31). The molecule has 8 heteroatoms. The summed E-state index contributed by atoms with van der Waals surface area (Å²) in [4.78, 5) is 40.2. The van der Waals surface area contributed by atoms with Crippen LogP contribution >= 0.6 is 0 Å². The first-order chi connectivity index (χ1) is 16.5. The van der Waals surface area contributed by atoms with Crippen molar-refractivity contribution in [1.29, 1.82) is 0 Å². The fourth-order valence-corrected chi connectivity index (χ4v) is 4.44. The number of para-hydroxylation sites is 3. The summed E-state index contributed by atoms with van der Waals surface area (Å²) in [7, 11) is 0. The van der Waals surface area contributed by atoms with E-state index >= 15 is 0 Å². The Balaban J connectivity index is 1.45. The third-order valence-electron chi connectivity index (χ3n) is 6.17. The second-order valence-corrected chi connectivity index (χ2v) is 8.79. The van der Waals surface area contributed by atoms with Crippen LogP contribution in [0.25, 0.3) is 0 Å². The highest BCUT2D eigenvalue weighted by Crippen LogP contribution is 2.33. The number of ether oxygens (including phenoxy) is 1. The van der Waals surface area contributed by atoms with Crippen LogP contribution in [0.2, 0.25) is 0 Å². The average Bonchev–Trinajstić information content (AvgIpc) is 3.35. The average molecular weight is 465 g/mol. The molecule has 180 valence electrons. The second kappa shape index (κ2) is 11.0. The molecule has 0 aromatic heterocycles. The molecule has 2 aliphatic rings. The zero-order chi connectivity index (χ0) is 23.9. The zero-order valence-electron chi connectivity index (χ0n) is 19.5. The summed E-state index contributed by atoms with van der Waals surface area (Å²) in [5, 5.41) is 8.83. The first-order valence-electron chi connectivity index (χ1n) is 12.0. The van der Waals surface area contributed by atoms with Gasteiger partial charge in [0.1, 0.15) is 5.75 Å². The molecule has 0 radical (unpaired) electrons. The third-order valence-corrected chi connectivity index (χ3v) is 6.17. The lowest BCUT2D eigenvalue weighted by Crippen LogP contribution is -2.50. The maximum atomic E-state index is 13.0. The number of hydrogen-bond acceptors (Lipinski definition) is 5. The van der Waals surface area contributed by atoms with Crippen molar-refractivity contribution in [1.82, 2.24) is 10.6 Å². The molecule has 2 aromatic carbocycles. The second-order valence-electron chi connectivity index (χ2n) is 8.79. The molecule has 0 spiro atoms. The van der Waals surface area contributed by atoms with Crippen molar-refractivity contribution < 1.29 is 19.1 Å². The molecule has 1 unspecified atom stereocenters. The third kappa shape index (κ3) is 5.68. The number of carbonyl (C=O) groups excluding carboxylic acids is 3. The molecular weight excluding hydrogens is 432 g/mol. The van der Waals surface area contributed by atoms with Crippen LogP contribution in [0.1, 0.15) is 49.4 Å². The molecule has 2 aromatic rings. The molecule has 1 atom stereocenters. The van der Waals surface area contributed by atoms with Gasteiger partial charge in [0, 0.05) is 12.6 Å². The highest BCUT2D eigenvalue weighted by Gasteiger charge is 2.31. The van der Waals surface area contributed by atoms with Crippen LogP contribution in [0.3, 0.4) is 0 Å². The van der Waals surface area contributed by atoms with Crippen molar-refractivity contribution in [3.63, 3.8) is 0 Å². The molecular formula is C26H32N4O4. The van der Waals surface area contributed by atoms with E-state index in [1.807, 2.05) is 30.0 Å². The predicted octanol–water partition coefficient (Wildman–Crippen LogP) is 3.09. The van der Waals surface area contributed by atoms with Crippen LogP contribution in [0.4, 0.5) is 11.4 Å². The van der Waals surface area contributed by atoms with Gasteiger partial charge in [0.2, 0.25) is 5.91 Å². The van der Waals surface area contributed by atoms with Crippen molar-refractivity contribution in [3.8, 4) is 5.75 Å². The summed E-state index contributed by atoms with van der Waals surface area (Å²) in [5.41, 5.74) is 1.67. The van der Waals surface area contributed by atoms with Crippen LogP contribution in [-0.4, -0.2) is 49.5 Å². The molecule has 1 heterocycles. The maximum absolute atomic E-state index is 13.0. The van der Waals surface area contributed by atoms with Gasteiger partial charge in [-0.3, -0.25) is 14.4 Å². The van der Waals surface area contributed by atoms with Gasteiger partial charge in [-0.25, -0.2) is 0 Å². The molecule has 1 aliphatic carbocycles. The first-order valence-corrected chi connectivity index (χ1v) is 12.0. The Morgan fingerprint density at radius 1 is 1.03 bits per heavy atom. The van der Waals surface area contributed by atoms with Crippen LogP contribution < -0.4 is 25.6 Å². The number of anilines is 2. The van der Waals surface area contributed by atoms with E-state index in [0.717, 1.165) is 37.8 Å². The van der Waals surface area contributed by atoms with Crippen LogP contribution in [0.5, 0.6) is 5.75 Å². The largest absolute Gasteiger partial charge is 0.477 e. The Kier molecular flexibility index (Phi) is 7.67.